The lowest BCUT2D eigenvalue weighted by atomic mass is 10.1. The first-order valence-corrected chi connectivity index (χ1v) is 7.22. The van der Waals surface area contributed by atoms with Gasteiger partial charge in [-0.1, -0.05) is 12.1 Å². The van der Waals surface area contributed by atoms with Crippen LogP contribution < -0.4 is 5.32 Å². The zero-order valence-electron chi connectivity index (χ0n) is 11.6. The Morgan fingerprint density at radius 2 is 1.90 bits per heavy atom. The summed E-state index contributed by atoms with van der Waals surface area (Å²) in [6.07, 6.45) is 2.00. The SMILES string of the molecule is Cn1ccc2cc(NC(=O)c3ccc(CCl)cc3)ccc21. The fourth-order valence-electron chi connectivity index (χ4n) is 2.31. The number of fused-ring (bicyclic) bond motifs is 1. The molecule has 0 saturated carbocycles. The number of alkyl halides is 1. The highest BCUT2D eigenvalue weighted by atomic mass is 35.5. The predicted octanol–water partition coefficient (Wildman–Crippen LogP) is 4.17. The highest BCUT2D eigenvalue weighted by molar-refractivity contribution is 6.17. The average molecular weight is 299 g/mol. The molecule has 3 aromatic rings. The summed E-state index contributed by atoms with van der Waals surface area (Å²) in [4.78, 5) is 12.2. The van der Waals surface area contributed by atoms with Gasteiger partial charge in [-0.25, -0.2) is 0 Å². The maximum absolute atomic E-state index is 12.2. The Kier molecular flexibility index (Phi) is 3.67. The first kappa shape index (κ1) is 13.7. The Morgan fingerprint density at radius 3 is 2.62 bits per heavy atom. The van der Waals surface area contributed by atoms with Crippen LogP contribution in [-0.4, -0.2) is 10.5 Å². The molecule has 21 heavy (non-hydrogen) atoms. The van der Waals surface area contributed by atoms with Crippen LogP contribution in [0.3, 0.4) is 0 Å². The molecule has 3 nitrogen and oxygen atoms in total. The minimum atomic E-state index is -0.119. The number of nitrogens with one attached hydrogen (secondary N) is 1. The van der Waals surface area contributed by atoms with Crippen molar-refractivity contribution in [3.05, 3.63) is 65.9 Å². The number of carbonyl (C=O) groups excluding carboxylic acids is 1. The van der Waals surface area contributed by atoms with E-state index in [-0.39, 0.29) is 5.91 Å². The van der Waals surface area contributed by atoms with Crippen molar-refractivity contribution < 1.29 is 4.79 Å². The molecule has 0 radical (unpaired) electrons. The number of aryl methyl sites for hydroxylation is 1. The molecule has 0 aliphatic rings. The highest BCUT2D eigenvalue weighted by Crippen LogP contribution is 2.20. The molecule has 0 bridgehead atoms. The lowest BCUT2D eigenvalue weighted by Gasteiger charge is -2.06. The fraction of sp³-hybridized carbons (Fsp3) is 0.118. The normalized spacial score (nSPS) is 10.8. The van der Waals surface area contributed by atoms with Gasteiger partial charge in [-0.3, -0.25) is 4.79 Å². The topological polar surface area (TPSA) is 34.0 Å². The Labute approximate surface area is 128 Å². The van der Waals surface area contributed by atoms with E-state index >= 15 is 0 Å². The highest BCUT2D eigenvalue weighted by Gasteiger charge is 2.07. The van der Waals surface area contributed by atoms with Crippen LogP contribution in [0.1, 0.15) is 15.9 Å². The number of aromatic nitrogens is 1. The van der Waals surface area contributed by atoms with E-state index in [1.54, 1.807) is 12.1 Å². The lowest BCUT2D eigenvalue weighted by molar-refractivity contribution is 0.102. The summed E-state index contributed by atoms with van der Waals surface area (Å²) in [7, 11) is 2.00. The number of amides is 1. The van der Waals surface area contributed by atoms with E-state index in [1.807, 2.05) is 54.2 Å². The van der Waals surface area contributed by atoms with Gasteiger partial charge in [0.25, 0.3) is 5.91 Å². The third-order valence-electron chi connectivity index (χ3n) is 3.51. The Hall–Kier alpha value is -2.26. The standard InChI is InChI=1S/C17H15ClN2O/c1-20-9-8-14-10-15(6-7-16(14)20)19-17(21)13-4-2-12(11-18)3-5-13/h2-10H,11H2,1H3,(H,19,21). The molecule has 0 atom stereocenters. The number of halogens is 1. The van der Waals surface area contributed by atoms with Crippen molar-refractivity contribution in [2.75, 3.05) is 5.32 Å². The van der Waals surface area contributed by atoms with Crippen LogP contribution in [0.25, 0.3) is 10.9 Å². The van der Waals surface area contributed by atoms with Gasteiger partial charge in [-0.05, 0) is 42.0 Å². The molecular formula is C17H15ClN2O. The Balaban J connectivity index is 1.81. The second-order valence-electron chi connectivity index (χ2n) is 4.98. The molecular weight excluding hydrogens is 284 g/mol. The summed E-state index contributed by atoms with van der Waals surface area (Å²) in [5, 5.41) is 4.02. The second kappa shape index (κ2) is 5.62. The minimum Gasteiger partial charge on any atom is -0.351 e. The molecule has 106 valence electrons. The van der Waals surface area contributed by atoms with Gasteiger partial charge in [0.05, 0.1) is 0 Å². The van der Waals surface area contributed by atoms with Gasteiger partial charge in [0.2, 0.25) is 0 Å². The molecule has 3 rings (SSSR count). The van der Waals surface area contributed by atoms with Crippen LogP contribution in [0.5, 0.6) is 0 Å². The average Bonchev–Trinajstić information content (AvgIpc) is 2.88. The third kappa shape index (κ3) is 2.78. The van der Waals surface area contributed by atoms with E-state index in [1.165, 1.54) is 0 Å². The largest absolute Gasteiger partial charge is 0.351 e. The molecule has 1 heterocycles. The van der Waals surface area contributed by atoms with Crippen molar-refractivity contribution in [1.82, 2.24) is 4.57 Å². The Bertz CT molecular complexity index is 790. The van der Waals surface area contributed by atoms with Gasteiger partial charge in [-0.2, -0.15) is 0 Å². The van der Waals surface area contributed by atoms with Crippen molar-refractivity contribution in [3.8, 4) is 0 Å². The van der Waals surface area contributed by atoms with Crippen molar-refractivity contribution in [3.63, 3.8) is 0 Å². The van der Waals surface area contributed by atoms with Crippen LogP contribution in [0.15, 0.2) is 54.7 Å². The summed E-state index contributed by atoms with van der Waals surface area (Å²) >= 11 is 5.74. The zero-order chi connectivity index (χ0) is 14.8. The number of carbonyl (C=O) groups is 1. The minimum absolute atomic E-state index is 0.119. The summed E-state index contributed by atoms with van der Waals surface area (Å²) in [5.41, 5.74) is 3.55. The van der Waals surface area contributed by atoms with Crippen LogP contribution in [-0.2, 0) is 12.9 Å². The molecule has 0 fully saturated rings. The molecule has 0 aliphatic heterocycles. The first-order valence-electron chi connectivity index (χ1n) is 6.69. The van der Waals surface area contributed by atoms with Crippen LogP contribution in [0, 0.1) is 0 Å². The number of hydrogen-bond donors (Lipinski definition) is 1. The van der Waals surface area contributed by atoms with Crippen molar-refractivity contribution in [2.45, 2.75) is 5.88 Å². The van der Waals surface area contributed by atoms with E-state index in [4.69, 9.17) is 11.6 Å². The fourth-order valence-corrected chi connectivity index (χ4v) is 2.49. The third-order valence-corrected chi connectivity index (χ3v) is 3.82. The van der Waals surface area contributed by atoms with Crippen molar-refractivity contribution in [2.24, 2.45) is 7.05 Å². The smallest absolute Gasteiger partial charge is 0.255 e. The van der Waals surface area contributed by atoms with E-state index < -0.39 is 0 Å². The van der Waals surface area contributed by atoms with E-state index in [9.17, 15) is 4.79 Å². The van der Waals surface area contributed by atoms with E-state index in [0.717, 1.165) is 22.2 Å². The molecule has 0 spiro atoms. The van der Waals surface area contributed by atoms with Crippen LogP contribution in [0.4, 0.5) is 5.69 Å². The summed E-state index contributed by atoms with van der Waals surface area (Å²) < 4.78 is 2.05. The molecule has 4 heteroatoms. The molecule has 1 aromatic heterocycles. The van der Waals surface area contributed by atoms with Gasteiger partial charge >= 0.3 is 0 Å². The van der Waals surface area contributed by atoms with Gasteiger partial charge in [-0.15, -0.1) is 11.6 Å². The molecule has 2 aromatic carbocycles. The number of hydrogen-bond acceptors (Lipinski definition) is 1. The molecule has 0 saturated heterocycles. The van der Waals surface area contributed by atoms with Crippen molar-refractivity contribution in [1.29, 1.82) is 0 Å². The van der Waals surface area contributed by atoms with Crippen molar-refractivity contribution >= 4 is 34.1 Å². The number of nitrogens with zero attached hydrogens (tertiary/aromatic N) is 1. The zero-order valence-corrected chi connectivity index (χ0v) is 12.4. The predicted molar refractivity (Wildman–Crippen MR) is 86.9 cm³/mol. The number of anilines is 1. The maximum Gasteiger partial charge on any atom is 0.255 e. The quantitative estimate of drug-likeness (QED) is 0.724. The van der Waals surface area contributed by atoms with Crippen LogP contribution in [0.2, 0.25) is 0 Å². The molecule has 1 N–H and O–H groups in total. The van der Waals surface area contributed by atoms with E-state index in [0.29, 0.717) is 11.4 Å². The summed E-state index contributed by atoms with van der Waals surface area (Å²) in [6.45, 7) is 0. The lowest BCUT2D eigenvalue weighted by Crippen LogP contribution is -2.11. The number of rotatable bonds is 3. The Morgan fingerprint density at radius 1 is 1.14 bits per heavy atom. The number of benzene rings is 2. The summed E-state index contributed by atoms with van der Waals surface area (Å²) in [6, 6.07) is 15.2. The first-order chi connectivity index (χ1) is 10.2. The molecule has 0 aliphatic carbocycles. The maximum atomic E-state index is 12.2. The van der Waals surface area contributed by atoms with Gasteiger partial charge in [0.1, 0.15) is 0 Å². The van der Waals surface area contributed by atoms with E-state index in [2.05, 4.69) is 5.32 Å². The second-order valence-corrected chi connectivity index (χ2v) is 5.25. The monoisotopic (exact) mass is 298 g/mol. The van der Waals surface area contributed by atoms with Gasteiger partial charge in [0.15, 0.2) is 0 Å². The van der Waals surface area contributed by atoms with Gasteiger partial charge in [0, 0.05) is 41.3 Å². The van der Waals surface area contributed by atoms with Crippen LogP contribution >= 0.6 is 11.6 Å². The molecule has 0 unspecified atom stereocenters. The molecule has 1 amide bonds. The van der Waals surface area contributed by atoms with Gasteiger partial charge < -0.3 is 9.88 Å². The summed E-state index contributed by atoms with van der Waals surface area (Å²) in [5.74, 6) is 0.332.